The fraction of sp³-hybridized carbons (Fsp3) is 0.143. The van der Waals surface area contributed by atoms with Crippen LogP contribution in [0.3, 0.4) is 0 Å². The zero-order chi connectivity index (χ0) is 20.8. The molecular formula is C21H16N4O4S. The van der Waals surface area contributed by atoms with E-state index >= 15 is 0 Å². The van der Waals surface area contributed by atoms with Gasteiger partial charge in [0.15, 0.2) is 0 Å². The average molecular weight is 420 g/mol. The number of benzene rings is 1. The van der Waals surface area contributed by atoms with Crippen LogP contribution in [0.25, 0.3) is 0 Å². The molecule has 0 saturated carbocycles. The standard InChI is InChI=1S/C21H16N4O4S/c1-11-13(7-8-15(23-11)29-12-5-3-2-4-6-12)25-14-9-10-22-19-16(14)17(24-21(25)28)18(30-19)20(26)27/h2-10,17-18H,1H3,(H,24,28)(H,26,27). The lowest BCUT2D eigenvalue weighted by Crippen LogP contribution is -2.47. The topological polar surface area (TPSA) is 105 Å². The molecular weight excluding hydrogens is 404 g/mol. The monoisotopic (exact) mass is 420 g/mol. The highest BCUT2D eigenvalue weighted by Crippen LogP contribution is 2.50. The number of pyridine rings is 2. The second-order valence-corrected chi connectivity index (χ2v) is 7.99. The molecule has 4 heterocycles. The summed E-state index contributed by atoms with van der Waals surface area (Å²) in [6, 6.07) is 13.5. The van der Waals surface area contributed by atoms with Crippen LogP contribution in [0.4, 0.5) is 16.2 Å². The highest BCUT2D eigenvalue weighted by Gasteiger charge is 2.46. The van der Waals surface area contributed by atoms with Gasteiger partial charge in [-0.2, -0.15) is 0 Å². The Balaban J connectivity index is 1.53. The first kappa shape index (κ1) is 18.4. The van der Waals surface area contributed by atoms with Crippen molar-refractivity contribution in [3.05, 3.63) is 66.0 Å². The molecule has 8 nitrogen and oxygen atoms in total. The second-order valence-electron chi connectivity index (χ2n) is 6.86. The van der Waals surface area contributed by atoms with E-state index in [1.54, 1.807) is 31.3 Å². The number of anilines is 2. The second kappa shape index (κ2) is 7.03. The number of carboxylic acid groups (broad SMARTS) is 1. The van der Waals surface area contributed by atoms with Crippen LogP contribution >= 0.6 is 11.8 Å². The molecule has 0 fully saturated rings. The van der Waals surface area contributed by atoms with Crippen LogP contribution < -0.4 is 15.0 Å². The molecule has 150 valence electrons. The van der Waals surface area contributed by atoms with E-state index < -0.39 is 23.3 Å². The molecule has 2 unspecified atom stereocenters. The third-order valence-corrected chi connectivity index (χ3v) is 6.26. The van der Waals surface area contributed by atoms with Gasteiger partial charge in [0.25, 0.3) is 0 Å². The summed E-state index contributed by atoms with van der Waals surface area (Å²) in [6.07, 6.45) is 1.59. The van der Waals surface area contributed by atoms with Crippen molar-refractivity contribution < 1.29 is 19.4 Å². The van der Waals surface area contributed by atoms with Crippen LogP contribution in [0.5, 0.6) is 11.6 Å². The Bertz CT molecular complexity index is 1170. The van der Waals surface area contributed by atoms with E-state index in [2.05, 4.69) is 15.3 Å². The molecule has 30 heavy (non-hydrogen) atoms. The van der Waals surface area contributed by atoms with Crippen molar-refractivity contribution in [1.82, 2.24) is 15.3 Å². The van der Waals surface area contributed by atoms with E-state index in [0.29, 0.717) is 33.7 Å². The maximum absolute atomic E-state index is 13.0. The largest absolute Gasteiger partial charge is 0.480 e. The number of rotatable bonds is 4. The molecule has 2 amide bonds. The summed E-state index contributed by atoms with van der Waals surface area (Å²) >= 11 is 1.15. The van der Waals surface area contributed by atoms with Crippen molar-refractivity contribution in [3.63, 3.8) is 0 Å². The van der Waals surface area contributed by atoms with Crippen molar-refractivity contribution in [1.29, 1.82) is 0 Å². The summed E-state index contributed by atoms with van der Waals surface area (Å²) in [5.41, 5.74) is 2.52. The number of ether oxygens (including phenoxy) is 1. The van der Waals surface area contributed by atoms with Crippen LogP contribution in [-0.4, -0.2) is 32.3 Å². The number of aromatic nitrogens is 2. The molecule has 2 aromatic heterocycles. The quantitative estimate of drug-likeness (QED) is 0.656. The molecule has 0 spiro atoms. The van der Waals surface area contributed by atoms with Crippen molar-refractivity contribution in [3.8, 4) is 11.6 Å². The average Bonchev–Trinajstić information content (AvgIpc) is 3.10. The van der Waals surface area contributed by atoms with E-state index in [1.165, 1.54) is 4.90 Å². The predicted molar refractivity (Wildman–Crippen MR) is 110 cm³/mol. The number of carbonyl (C=O) groups is 2. The number of hydrogen-bond acceptors (Lipinski definition) is 6. The van der Waals surface area contributed by atoms with Gasteiger partial charge < -0.3 is 15.2 Å². The Morgan fingerprint density at radius 2 is 1.97 bits per heavy atom. The minimum Gasteiger partial charge on any atom is -0.480 e. The molecule has 0 saturated heterocycles. The van der Waals surface area contributed by atoms with E-state index in [0.717, 1.165) is 17.3 Å². The van der Waals surface area contributed by atoms with Gasteiger partial charge in [-0.3, -0.25) is 9.69 Å². The SMILES string of the molecule is Cc1nc(Oc2ccccc2)ccc1N1C(=O)NC2c3c1ccnc3SC2C(=O)O. The van der Waals surface area contributed by atoms with Crippen LogP contribution in [0, 0.1) is 6.92 Å². The summed E-state index contributed by atoms with van der Waals surface area (Å²) in [5.74, 6) is 0.0987. The number of aliphatic carboxylic acids is 1. The molecule has 2 aliphatic rings. The Kier molecular flexibility index (Phi) is 4.32. The molecule has 1 aromatic carbocycles. The molecule has 2 atom stereocenters. The summed E-state index contributed by atoms with van der Waals surface area (Å²) in [7, 11) is 0. The molecule has 2 aliphatic heterocycles. The van der Waals surface area contributed by atoms with Gasteiger partial charge in [0, 0.05) is 17.8 Å². The van der Waals surface area contributed by atoms with E-state index in [1.807, 2.05) is 30.3 Å². The summed E-state index contributed by atoms with van der Waals surface area (Å²) in [4.78, 5) is 34.9. The number of carboxylic acids is 1. The van der Waals surface area contributed by atoms with E-state index in [4.69, 9.17) is 4.74 Å². The normalized spacial score (nSPS) is 19.2. The fourth-order valence-electron chi connectivity index (χ4n) is 3.69. The first-order valence-electron chi connectivity index (χ1n) is 9.22. The highest BCUT2D eigenvalue weighted by atomic mass is 32.2. The maximum atomic E-state index is 13.0. The molecule has 2 N–H and O–H groups in total. The van der Waals surface area contributed by atoms with Crippen LogP contribution in [-0.2, 0) is 4.79 Å². The molecule has 0 radical (unpaired) electrons. The van der Waals surface area contributed by atoms with E-state index in [-0.39, 0.29) is 0 Å². The lowest BCUT2D eigenvalue weighted by Gasteiger charge is -2.34. The van der Waals surface area contributed by atoms with Crippen molar-refractivity contribution in [2.24, 2.45) is 0 Å². The summed E-state index contributed by atoms with van der Waals surface area (Å²) in [5, 5.41) is 12.2. The van der Waals surface area contributed by atoms with Gasteiger partial charge in [0.2, 0.25) is 5.88 Å². The highest BCUT2D eigenvalue weighted by molar-refractivity contribution is 8.00. The third kappa shape index (κ3) is 2.94. The molecule has 3 aromatic rings. The van der Waals surface area contributed by atoms with Gasteiger partial charge >= 0.3 is 12.0 Å². The van der Waals surface area contributed by atoms with Gasteiger partial charge in [-0.25, -0.2) is 14.8 Å². The van der Waals surface area contributed by atoms with E-state index in [9.17, 15) is 14.7 Å². The predicted octanol–water partition coefficient (Wildman–Crippen LogP) is 4.04. The fourth-order valence-corrected chi connectivity index (χ4v) is 4.85. The molecule has 9 heteroatoms. The number of carbonyl (C=O) groups excluding carboxylic acids is 1. The maximum Gasteiger partial charge on any atom is 0.327 e. The minimum atomic E-state index is -0.983. The molecule has 0 aliphatic carbocycles. The number of nitrogens with zero attached hydrogens (tertiary/aromatic N) is 3. The number of thioether (sulfide) groups is 1. The Labute approximate surface area is 175 Å². The van der Waals surface area contributed by atoms with Crippen molar-refractivity contribution >= 4 is 35.1 Å². The third-order valence-electron chi connectivity index (χ3n) is 4.99. The number of aryl methyl sites for hydroxylation is 1. The van der Waals surface area contributed by atoms with Gasteiger partial charge in [0.05, 0.1) is 23.1 Å². The number of hydrogen-bond donors (Lipinski definition) is 2. The van der Waals surface area contributed by atoms with Crippen LogP contribution in [0.1, 0.15) is 17.3 Å². The first-order chi connectivity index (χ1) is 14.5. The number of para-hydroxylation sites is 1. The number of urea groups is 1. The van der Waals surface area contributed by atoms with Crippen molar-refractivity contribution in [2.75, 3.05) is 4.90 Å². The van der Waals surface area contributed by atoms with Crippen molar-refractivity contribution in [2.45, 2.75) is 23.2 Å². The lowest BCUT2D eigenvalue weighted by molar-refractivity contribution is -0.136. The summed E-state index contributed by atoms with van der Waals surface area (Å²) in [6.45, 7) is 1.79. The minimum absolute atomic E-state index is 0.403. The smallest absolute Gasteiger partial charge is 0.327 e. The lowest BCUT2D eigenvalue weighted by atomic mass is 10.0. The molecule has 0 bridgehead atoms. The first-order valence-corrected chi connectivity index (χ1v) is 10.1. The number of nitrogens with one attached hydrogen (secondary N) is 1. The van der Waals surface area contributed by atoms with Gasteiger partial charge in [0.1, 0.15) is 16.0 Å². The Morgan fingerprint density at radius 1 is 1.17 bits per heavy atom. The van der Waals surface area contributed by atoms with Gasteiger partial charge in [-0.15, -0.1) is 0 Å². The molecule has 5 rings (SSSR count). The zero-order valence-electron chi connectivity index (χ0n) is 15.8. The van der Waals surface area contributed by atoms with Crippen LogP contribution in [0.2, 0.25) is 0 Å². The zero-order valence-corrected chi connectivity index (χ0v) is 16.6. The van der Waals surface area contributed by atoms with Crippen LogP contribution in [0.15, 0.2) is 59.8 Å². The Morgan fingerprint density at radius 3 is 2.70 bits per heavy atom. The Hall–Kier alpha value is -3.59. The van der Waals surface area contributed by atoms with Gasteiger partial charge in [-0.1, -0.05) is 30.0 Å². The number of amides is 2. The summed E-state index contributed by atoms with van der Waals surface area (Å²) < 4.78 is 5.78. The van der Waals surface area contributed by atoms with Gasteiger partial charge in [-0.05, 0) is 31.2 Å².